The van der Waals surface area contributed by atoms with Crippen LogP contribution in [0.15, 0.2) is 55.0 Å². The van der Waals surface area contributed by atoms with Crippen LogP contribution in [0, 0.1) is 0 Å². The lowest BCUT2D eigenvalue weighted by atomic mass is 10.1. The first kappa shape index (κ1) is 15.3. The molecule has 0 saturated heterocycles. The van der Waals surface area contributed by atoms with Crippen molar-refractivity contribution >= 4 is 33.5 Å². The van der Waals surface area contributed by atoms with Crippen LogP contribution in [0.5, 0.6) is 0 Å². The van der Waals surface area contributed by atoms with Gasteiger partial charge in [-0.2, -0.15) is 5.10 Å². The molecule has 1 N–H and O–H groups in total. The van der Waals surface area contributed by atoms with Crippen molar-refractivity contribution in [1.29, 1.82) is 0 Å². The molecule has 124 valence electrons. The van der Waals surface area contributed by atoms with Crippen molar-refractivity contribution in [1.82, 2.24) is 19.7 Å². The molecule has 0 aliphatic heterocycles. The van der Waals surface area contributed by atoms with Crippen molar-refractivity contribution in [2.75, 3.05) is 5.32 Å². The molecular formula is C19H17N5O. The number of nitrogens with zero attached hydrogens (tertiary/aromatic N) is 4. The van der Waals surface area contributed by atoms with Crippen molar-refractivity contribution in [3.63, 3.8) is 0 Å². The Labute approximate surface area is 144 Å². The van der Waals surface area contributed by atoms with Gasteiger partial charge in [0.05, 0.1) is 23.0 Å². The van der Waals surface area contributed by atoms with E-state index in [2.05, 4.69) is 20.4 Å². The first-order chi connectivity index (χ1) is 12.1. The lowest BCUT2D eigenvalue weighted by molar-refractivity contribution is 0.102. The molecule has 0 unspecified atom stereocenters. The second-order valence-corrected chi connectivity index (χ2v) is 6.15. The van der Waals surface area contributed by atoms with E-state index < -0.39 is 0 Å². The molecule has 0 saturated carbocycles. The van der Waals surface area contributed by atoms with Gasteiger partial charge in [-0.1, -0.05) is 6.07 Å². The number of rotatable bonds is 3. The zero-order valence-electron chi connectivity index (χ0n) is 14.0. The summed E-state index contributed by atoms with van der Waals surface area (Å²) in [5.74, 6) is -0.206. The van der Waals surface area contributed by atoms with Gasteiger partial charge in [-0.05, 0) is 44.2 Å². The minimum Gasteiger partial charge on any atom is -0.321 e. The third kappa shape index (κ3) is 2.71. The second kappa shape index (κ2) is 5.98. The zero-order valence-corrected chi connectivity index (χ0v) is 14.0. The Balaban J connectivity index is 1.68. The van der Waals surface area contributed by atoms with Gasteiger partial charge in [-0.25, -0.2) is 9.67 Å². The van der Waals surface area contributed by atoms with Gasteiger partial charge >= 0.3 is 0 Å². The SMILES string of the molecule is CC(C)n1ncc2cc(C(=O)Nc3cccc4ncccc34)cnc21. The standard InChI is InChI=1S/C19H17N5O/c1-12(2)24-18-13(11-22-24)9-14(10-21-18)19(25)23-17-7-3-6-16-15(17)5-4-8-20-16/h3-12H,1-2H3,(H,23,25). The van der Waals surface area contributed by atoms with Gasteiger partial charge in [0.25, 0.3) is 5.91 Å². The monoisotopic (exact) mass is 331 g/mol. The van der Waals surface area contributed by atoms with Crippen LogP contribution in [0.2, 0.25) is 0 Å². The van der Waals surface area contributed by atoms with Crippen molar-refractivity contribution in [3.05, 3.63) is 60.6 Å². The molecule has 4 aromatic rings. The van der Waals surface area contributed by atoms with Crippen LogP contribution in [-0.2, 0) is 0 Å². The van der Waals surface area contributed by atoms with Crippen molar-refractivity contribution in [2.24, 2.45) is 0 Å². The molecule has 3 heterocycles. The van der Waals surface area contributed by atoms with E-state index in [1.807, 2.05) is 54.9 Å². The van der Waals surface area contributed by atoms with Gasteiger partial charge in [0.1, 0.15) is 0 Å². The Hall–Kier alpha value is -3.28. The van der Waals surface area contributed by atoms with Crippen molar-refractivity contribution in [3.8, 4) is 0 Å². The van der Waals surface area contributed by atoms with Crippen LogP contribution in [0.3, 0.4) is 0 Å². The summed E-state index contributed by atoms with van der Waals surface area (Å²) < 4.78 is 1.84. The third-order valence-corrected chi connectivity index (χ3v) is 4.08. The van der Waals surface area contributed by atoms with Gasteiger partial charge in [0.2, 0.25) is 0 Å². The van der Waals surface area contributed by atoms with E-state index in [0.717, 1.165) is 27.6 Å². The molecule has 4 rings (SSSR count). The van der Waals surface area contributed by atoms with E-state index in [4.69, 9.17) is 0 Å². The maximum Gasteiger partial charge on any atom is 0.257 e. The third-order valence-electron chi connectivity index (χ3n) is 4.08. The maximum absolute atomic E-state index is 12.6. The Kier molecular flexibility index (Phi) is 3.65. The molecular weight excluding hydrogens is 314 g/mol. The molecule has 0 bridgehead atoms. The van der Waals surface area contributed by atoms with Gasteiger partial charge < -0.3 is 5.32 Å². The highest BCUT2D eigenvalue weighted by atomic mass is 16.1. The number of anilines is 1. The average molecular weight is 331 g/mol. The molecule has 25 heavy (non-hydrogen) atoms. The summed E-state index contributed by atoms with van der Waals surface area (Å²) in [5.41, 5.74) is 2.85. The van der Waals surface area contributed by atoms with E-state index in [1.165, 1.54) is 0 Å². The number of benzene rings is 1. The number of aromatic nitrogens is 4. The number of nitrogens with one attached hydrogen (secondary N) is 1. The molecule has 3 aromatic heterocycles. The average Bonchev–Trinajstić information content (AvgIpc) is 3.05. The lowest BCUT2D eigenvalue weighted by Gasteiger charge is -2.09. The minimum absolute atomic E-state index is 0.206. The number of carbonyl (C=O) groups is 1. The normalized spacial score (nSPS) is 11.3. The first-order valence-corrected chi connectivity index (χ1v) is 8.12. The number of amides is 1. The highest BCUT2D eigenvalue weighted by Crippen LogP contribution is 2.22. The van der Waals surface area contributed by atoms with Crippen LogP contribution in [0.4, 0.5) is 5.69 Å². The molecule has 0 atom stereocenters. The lowest BCUT2D eigenvalue weighted by Crippen LogP contribution is -2.12. The summed E-state index contributed by atoms with van der Waals surface area (Å²) in [4.78, 5) is 21.4. The van der Waals surface area contributed by atoms with Gasteiger partial charge in [0.15, 0.2) is 5.65 Å². The second-order valence-electron chi connectivity index (χ2n) is 6.15. The van der Waals surface area contributed by atoms with Crippen LogP contribution in [0.25, 0.3) is 21.9 Å². The smallest absolute Gasteiger partial charge is 0.257 e. The Bertz CT molecular complexity index is 1080. The van der Waals surface area contributed by atoms with Crippen LogP contribution >= 0.6 is 0 Å². The fourth-order valence-electron chi connectivity index (χ4n) is 2.85. The molecule has 0 fully saturated rings. The Morgan fingerprint density at radius 2 is 2.00 bits per heavy atom. The molecule has 0 spiro atoms. The highest BCUT2D eigenvalue weighted by Gasteiger charge is 2.13. The number of hydrogen-bond acceptors (Lipinski definition) is 4. The molecule has 0 aliphatic carbocycles. The van der Waals surface area contributed by atoms with Gasteiger partial charge in [-0.3, -0.25) is 9.78 Å². The van der Waals surface area contributed by atoms with Crippen LogP contribution < -0.4 is 5.32 Å². The summed E-state index contributed by atoms with van der Waals surface area (Å²) in [6, 6.07) is 11.5. The zero-order chi connectivity index (χ0) is 17.4. The predicted octanol–water partition coefficient (Wildman–Crippen LogP) is 3.81. The van der Waals surface area contributed by atoms with Gasteiger partial charge in [-0.15, -0.1) is 0 Å². The summed E-state index contributed by atoms with van der Waals surface area (Å²) in [7, 11) is 0. The molecule has 6 heteroatoms. The van der Waals surface area contributed by atoms with E-state index >= 15 is 0 Å². The van der Waals surface area contributed by atoms with E-state index in [1.54, 1.807) is 18.6 Å². The Morgan fingerprint density at radius 1 is 1.12 bits per heavy atom. The van der Waals surface area contributed by atoms with Gasteiger partial charge in [0, 0.05) is 29.2 Å². The largest absolute Gasteiger partial charge is 0.321 e. The molecule has 0 radical (unpaired) electrons. The summed E-state index contributed by atoms with van der Waals surface area (Å²) in [5, 5.41) is 9.03. The van der Waals surface area contributed by atoms with E-state index in [9.17, 15) is 4.79 Å². The van der Waals surface area contributed by atoms with Crippen LogP contribution in [-0.4, -0.2) is 25.7 Å². The summed E-state index contributed by atoms with van der Waals surface area (Å²) in [6.45, 7) is 4.09. The summed E-state index contributed by atoms with van der Waals surface area (Å²) >= 11 is 0. The Morgan fingerprint density at radius 3 is 2.84 bits per heavy atom. The summed E-state index contributed by atoms with van der Waals surface area (Å²) in [6.07, 6.45) is 5.06. The number of hydrogen-bond donors (Lipinski definition) is 1. The molecule has 6 nitrogen and oxygen atoms in total. The fourth-order valence-corrected chi connectivity index (χ4v) is 2.85. The highest BCUT2D eigenvalue weighted by molar-refractivity contribution is 6.09. The van der Waals surface area contributed by atoms with E-state index in [0.29, 0.717) is 5.56 Å². The number of fused-ring (bicyclic) bond motifs is 2. The van der Waals surface area contributed by atoms with E-state index in [-0.39, 0.29) is 11.9 Å². The first-order valence-electron chi connectivity index (χ1n) is 8.12. The quantitative estimate of drug-likeness (QED) is 0.619. The molecule has 0 aliphatic rings. The number of carbonyl (C=O) groups excluding carboxylic acids is 1. The predicted molar refractivity (Wildman–Crippen MR) is 97.6 cm³/mol. The van der Waals surface area contributed by atoms with Crippen molar-refractivity contribution < 1.29 is 4.79 Å². The molecule has 1 aromatic carbocycles. The molecule has 1 amide bonds. The fraction of sp³-hybridized carbons (Fsp3) is 0.158. The minimum atomic E-state index is -0.206. The topological polar surface area (TPSA) is 72.7 Å². The van der Waals surface area contributed by atoms with Crippen molar-refractivity contribution in [2.45, 2.75) is 19.9 Å². The maximum atomic E-state index is 12.6. The number of pyridine rings is 2. The van der Waals surface area contributed by atoms with Crippen LogP contribution in [0.1, 0.15) is 30.2 Å².